The molecule has 3 N–H and O–H groups in total. The number of rotatable bonds is 1. The molecular weight excluding hydrogens is 220 g/mol. The van der Waals surface area contributed by atoms with Crippen LogP contribution in [0.3, 0.4) is 0 Å². The molecule has 4 nitrogen and oxygen atoms in total. The summed E-state index contributed by atoms with van der Waals surface area (Å²) in [4.78, 5) is 0. The maximum Gasteiger partial charge on any atom is 0.160 e. The summed E-state index contributed by atoms with van der Waals surface area (Å²) in [6.07, 6.45) is 0. The predicted molar refractivity (Wildman–Crippen MR) is 64.4 cm³/mol. The summed E-state index contributed by atoms with van der Waals surface area (Å²) in [5, 5.41) is 26.3. The number of benzene rings is 2. The van der Waals surface area contributed by atoms with Gasteiger partial charge in [0.2, 0.25) is 0 Å². The summed E-state index contributed by atoms with van der Waals surface area (Å²) in [5.74, 6) is 0.539. The van der Waals surface area contributed by atoms with Gasteiger partial charge >= 0.3 is 0 Å². The van der Waals surface area contributed by atoms with Crippen molar-refractivity contribution in [3.63, 3.8) is 0 Å². The number of phenolic OH excluding ortho intramolecular Hbond substituents is 3. The molecule has 0 aliphatic carbocycles. The molecule has 2 aromatic rings. The van der Waals surface area contributed by atoms with Crippen molar-refractivity contribution in [3.05, 3.63) is 48.5 Å². The van der Waals surface area contributed by atoms with Crippen molar-refractivity contribution in [2.24, 2.45) is 0 Å². The van der Waals surface area contributed by atoms with E-state index in [1.807, 2.05) is 0 Å². The van der Waals surface area contributed by atoms with Gasteiger partial charge in [0.15, 0.2) is 23.0 Å². The molecule has 90 valence electrons. The second-order valence-electron chi connectivity index (χ2n) is 3.16. The molecule has 0 saturated carbocycles. The Bertz CT molecular complexity index is 447. The number of aromatic hydroxyl groups is 3. The van der Waals surface area contributed by atoms with Crippen LogP contribution in [0.25, 0.3) is 0 Å². The third-order valence-corrected chi connectivity index (χ3v) is 1.97. The summed E-state index contributed by atoms with van der Waals surface area (Å²) < 4.78 is 4.79. The van der Waals surface area contributed by atoms with Crippen molar-refractivity contribution < 1.29 is 20.1 Å². The first kappa shape index (κ1) is 12.7. The van der Waals surface area contributed by atoms with Crippen LogP contribution in [-0.2, 0) is 0 Å². The number of hydrogen-bond donors (Lipinski definition) is 3. The number of methoxy groups -OCH3 is 1. The topological polar surface area (TPSA) is 69.9 Å². The Balaban J connectivity index is 0.000000171. The van der Waals surface area contributed by atoms with Crippen molar-refractivity contribution in [2.75, 3.05) is 7.11 Å². The van der Waals surface area contributed by atoms with Crippen LogP contribution >= 0.6 is 0 Å². The van der Waals surface area contributed by atoms with Gasteiger partial charge in [-0.25, -0.2) is 0 Å². The Morgan fingerprint density at radius 2 is 1.12 bits per heavy atom. The highest BCUT2D eigenvalue weighted by molar-refractivity contribution is 5.37. The van der Waals surface area contributed by atoms with Crippen LogP contribution in [0.4, 0.5) is 0 Å². The van der Waals surface area contributed by atoms with Gasteiger partial charge in [0.25, 0.3) is 0 Å². The fraction of sp³-hybridized carbons (Fsp3) is 0.0769. The Morgan fingerprint density at radius 3 is 1.41 bits per heavy atom. The van der Waals surface area contributed by atoms with Crippen molar-refractivity contribution in [1.82, 2.24) is 0 Å². The molecule has 0 amide bonds. The highest BCUT2D eigenvalue weighted by Gasteiger charge is 1.94. The maximum absolute atomic E-state index is 8.99. The van der Waals surface area contributed by atoms with E-state index in [9.17, 15) is 0 Å². The van der Waals surface area contributed by atoms with Crippen LogP contribution in [0.1, 0.15) is 0 Å². The quantitative estimate of drug-likeness (QED) is 0.663. The lowest BCUT2D eigenvalue weighted by molar-refractivity contribution is 0.373. The number of ether oxygens (including phenoxy) is 1. The molecule has 2 aromatic carbocycles. The average Bonchev–Trinajstić information content (AvgIpc) is 2.34. The minimum Gasteiger partial charge on any atom is -0.504 e. The molecule has 2 rings (SSSR count). The molecule has 0 spiro atoms. The molecule has 0 saturated heterocycles. The van der Waals surface area contributed by atoms with E-state index in [0.717, 1.165) is 0 Å². The molecule has 0 unspecified atom stereocenters. The maximum atomic E-state index is 8.99. The SMILES string of the molecule is COc1ccccc1O.Oc1ccccc1O. The monoisotopic (exact) mass is 234 g/mol. The molecule has 0 aliphatic rings. The molecule has 0 bridgehead atoms. The van der Waals surface area contributed by atoms with Gasteiger partial charge in [-0.05, 0) is 24.3 Å². The first-order valence-corrected chi connectivity index (χ1v) is 4.94. The summed E-state index contributed by atoms with van der Waals surface area (Å²) in [6, 6.07) is 13.0. The highest BCUT2D eigenvalue weighted by atomic mass is 16.5. The van der Waals surface area contributed by atoms with Crippen molar-refractivity contribution in [3.8, 4) is 23.0 Å². The van der Waals surface area contributed by atoms with Crippen LogP contribution < -0.4 is 4.74 Å². The molecule has 0 aliphatic heterocycles. The molecule has 0 fully saturated rings. The molecule has 0 aromatic heterocycles. The third kappa shape index (κ3) is 3.95. The van der Waals surface area contributed by atoms with E-state index in [-0.39, 0.29) is 17.2 Å². The van der Waals surface area contributed by atoms with Crippen LogP contribution in [0.5, 0.6) is 23.0 Å². The lowest BCUT2D eigenvalue weighted by atomic mass is 10.3. The van der Waals surface area contributed by atoms with Crippen molar-refractivity contribution >= 4 is 0 Å². The van der Waals surface area contributed by atoms with Gasteiger partial charge in [0.05, 0.1) is 7.11 Å². The zero-order valence-electron chi connectivity index (χ0n) is 9.37. The van der Waals surface area contributed by atoms with Crippen molar-refractivity contribution in [2.45, 2.75) is 0 Å². The fourth-order valence-corrected chi connectivity index (χ4v) is 1.09. The van der Waals surface area contributed by atoms with E-state index in [1.54, 1.807) is 36.4 Å². The van der Waals surface area contributed by atoms with Gasteiger partial charge in [-0.3, -0.25) is 0 Å². The van der Waals surface area contributed by atoms with E-state index in [2.05, 4.69) is 0 Å². The predicted octanol–water partition coefficient (Wildman–Crippen LogP) is 2.50. The summed E-state index contributed by atoms with van der Waals surface area (Å²) in [5.41, 5.74) is 0. The first-order valence-electron chi connectivity index (χ1n) is 4.94. The van der Waals surface area contributed by atoms with Crippen LogP contribution in [-0.4, -0.2) is 22.4 Å². The van der Waals surface area contributed by atoms with Crippen molar-refractivity contribution in [1.29, 1.82) is 0 Å². The number of para-hydroxylation sites is 4. The second-order valence-corrected chi connectivity index (χ2v) is 3.16. The zero-order chi connectivity index (χ0) is 12.7. The minimum absolute atomic E-state index is 0.0764. The summed E-state index contributed by atoms with van der Waals surface area (Å²) >= 11 is 0. The Morgan fingerprint density at radius 1 is 0.706 bits per heavy atom. The molecule has 17 heavy (non-hydrogen) atoms. The van der Waals surface area contributed by atoms with Gasteiger partial charge in [-0.15, -0.1) is 0 Å². The van der Waals surface area contributed by atoms with Gasteiger partial charge in [0, 0.05) is 0 Å². The third-order valence-electron chi connectivity index (χ3n) is 1.97. The minimum atomic E-state index is -0.0764. The van der Waals surface area contributed by atoms with E-state index in [1.165, 1.54) is 19.2 Å². The molecule has 0 heterocycles. The van der Waals surface area contributed by atoms with E-state index < -0.39 is 0 Å². The van der Waals surface area contributed by atoms with Crippen LogP contribution in [0.2, 0.25) is 0 Å². The smallest absolute Gasteiger partial charge is 0.160 e. The molecule has 0 radical (unpaired) electrons. The average molecular weight is 234 g/mol. The fourth-order valence-electron chi connectivity index (χ4n) is 1.09. The highest BCUT2D eigenvalue weighted by Crippen LogP contribution is 2.23. The first-order chi connectivity index (χ1) is 8.15. The molecule has 4 heteroatoms. The van der Waals surface area contributed by atoms with Gasteiger partial charge in [0.1, 0.15) is 0 Å². The zero-order valence-corrected chi connectivity index (χ0v) is 9.37. The number of phenols is 3. The van der Waals surface area contributed by atoms with Gasteiger partial charge in [-0.2, -0.15) is 0 Å². The van der Waals surface area contributed by atoms with Crippen LogP contribution in [0.15, 0.2) is 48.5 Å². The van der Waals surface area contributed by atoms with Gasteiger partial charge < -0.3 is 20.1 Å². The normalized spacial score (nSPS) is 9.00. The Labute approximate surface area is 99.4 Å². The Kier molecular flexibility index (Phi) is 4.69. The number of hydrogen-bond acceptors (Lipinski definition) is 4. The van der Waals surface area contributed by atoms with E-state index in [4.69, 9.17) is 20.1 Å². The molecule has 0 atom stereocenters. The largest absolute Gasteiger partial charge is 0.504 e. The standard InChI is InChI=1S/C7H8O2.C6H6O2/c1-9-7-5-3-2-4-6(7)8;7-5-3-1-2-4-6(5)8/h2-5,8H,1H3;1-4,7-8H. The lowest BCUT2D eigenvalue weighted by Crippen LogP contribution is -1.80. The Hall–Kier alpha value is -2.36. The lowest BCUT2D eigenvalue weighted by Gasteiger charge is -1.99. The van der Waals surface area contributed by atoms with E-state index in [0.29, 0.717) is 5.75 Å². The summed E-state index contributed by atoms with van der Waals surface area (Å²) in [7, 11) is 1.52. The van der Waals surface area contributed by atoms with E-state index >= 15 is 0 Å². The second kappa shape index (κ2) is 6.27. The molecular formula is C13H14O4. The van der Waals surface area contributed by atoms with Gasteiger partial charge in [-0.1, -0.05) is 24.3 Å². The van der Waals surface area contributed by atoms with Crippen LogP contribution in [0, 0.1) is 0 Å². The summed E-state index contributed by atoms with van der Waals surface area (Å²) in [6.45, 7) is 0.